The molecule has 0 amide bonds. The molecule has 5 aliphatic heterocycles. The summed E-state index contributed by atoms with van der Waals surface area (Å²) >= 11 is 0. The SMILES string of the molecule is CCC(=O)[C@H](CC)[C@H]1CC[C@H](C)[C@H]([C@@H](C)[C@H](O)[C@H](C)C(=O)[C@H](CC)[C@H]2O[C@]3(C=C[C@@H](O)[C@]4(CC[C@@](C)([C@H]5CC[C@](O)(CC)[C@H](C)O5)O4)O3)[C@H](C)C[C@@H]2C)O1. The maximum absolute atomic E-state index is 14.5. The number of rotatable bonds is 13. The number of carbonyl (C=O) groups is 2. The van der Waals surface area contributed by atoms with Crippen molar-refractivity contribution in [1.29, 1.82) is 0 Å². The molecule has 0 unspecified atom stereocenters. The lowest BCUT2D eigenvalue weighted by molar-refractivity contribution is -0.409. The molecule has 4 saturated heterocycles. The molecular weight excluding hydrogens is 688 g/mol. The first-order chi connectivity index (χ1) is 25.3. The van der Waals surface area contributed by atoms with E-state index >= 15 is 0 Å². The van der Waals surface area contributed by atoms with Crippen LogP contribution in [0.3, 0.4) is 0 Å². The fourth-order valence-electron chi connectivity index (χ4n) is 10.9. The zero-order chi connectivity index (χ0) is 40.0. The second kappa shape index (κ2) is 16.9. The number of hydrogen-bond acceptors (Lipinski definition) is 10. The van der Waals surface area contributed by atoms with Gasteiger partial charge in [0.15, 0.2) is 5.79 Å². The molecule has 5 aliphatic rings. The van der Waals surface area contributed by atoms with Crippen LogP contribution in [-0.4, -0.2) is 92.4 Å². The van der Waals surface area contributed by atoms with Crippen LogP contribution in [0.15, 0.2) is 12.2 Å². The second-order valence-corrected chi connectivity index (χ2v) is 18.4. The molecule has 310 valence electrons. The minimum absolute atomic E-state index is 0.0369. The third-order valence-corrected chi connectivity index (χ3v) is 14.9. The molecule has 10 heteroatoms. The Balaban J connectivity index is 1.31. The summed E-state index contributed by atoms with van der Waals surface area (Å²) in [6.07, 6.45) is 7.16. The Morgan fingerprint density at radius 2 is 1.56 bits per heavy atom. The van der Waals surface area contributed by atoms with E-state index in [2.05, 4.69) is 20.8 Å². The summed E-state index contributed by atoms with van der Waals surface area (Å²) in [4.78, 5) is 27.2. The fraction of sp³-hybridized carbons (Fsp3) is 0.909. The Hall–Kier alpha value is -1.24. The van der Waals surface area contributed by atoms with Crippen LogP contribution in [0.4, 0.5) is 0 Å². The first-order valence-electron chi connectivity index (χ1n) is 21.6. The molecular formula is C44H74O10. The molecule has 54 heavy (non-hydrogen) atoms. The summed E-state index contributed by atoms with van der Waals surface area (Å²) in [6.45, 7) is 22.0. The number of ketones is 2. The Morgan fingerprint density at radius 1 is 0.870 bits per heavy atom. The number of carbonyl (C=O) groups excluding carboxylic acids is 2. The summed E-state index contributed by atoms with van der Waals surface area (Å²) in [5.41, 5.74) is -1.61. The summed E-state index contributed by atoms with van der Waals surface area (Å²) in [5, 5.41) is 34.3. The van der Waals surface area contributed by atoms with Crippen molar-refractivity contribution in [2.45, 2.75) is 212 Å². The van der Waals surface area contributed by atoms with Crippen LogP contribution in [0.5, 0.6) is 0 Å². The molecule has 2 spiro atoms. The fourth-order valence-corrected chi connectivity index (χ4v) is 10.9. The molecule has 4 fully saturated rings. The largest absolute Gasteiger partial charge is 0.392 e. The lowest BCUT2D eigenvalue weighted by atomic mass is 9.72. The summed E-state index contributed by atoms with van der Waals surface area (Å²) in [6, 6.07) is 0. The Labute approximate surface area is 325 Å². The number of ether oxygens (including phenoxy) is 5. The van der Waals surface area contributed by atoms with Gasteiger partial charge in [0.1, 0.15) is 17.7 Å². The molecule has 10 nitrogen and oxygen atoms in total. The van der Waals surface area contributed by atoms with Gasteiger partial charge in [-0.25, -0.2) is 0 Å². The average molecular weight is 763 g/mol. The molecule has 3 N–H and O–H groups in total. The Bertz CT molecular complexity index is 1340. The highest BCUT2D eigenvalue weighted by Gasteiger charge is 2.63. The number of aliphatic hydroxyl groups excluding tert-OH is 2. The van der Waals surface area contributed by atoms with Crippen molar-refractivity contribution in [2.75, 3.05) is 0 Å². The van der Waals surface area contributed by atoms with Crippen molar-refractivity contribution in [3.05, 3.63) is 12.2 Å². The zero-order valence-electron chi connectivity index (χ0n) is 35.2. The minimum atomic E-state index is -1.36. The van der Waals surface area contributed by atoms with Crippen molar-refractivity contribution >= 4 is 11.6 Å². The van der Waals surface area contributed by atoms with E-state index in [9.17, 15) is 24.9 Å². The van der Waals surface area contributed by atoms with Gasteiger partial charge in [-0.15, -0.1) is 0 Å². The Kier molecular flexibility index (Phi) is 13.8. The number of aliphatic hydroxyl groups is 3. The van der Waals surface area contributed by atoms with E-state index in [0.717, 1.165) is 25.7 Å². The highest BCUT2D eigenvalue weighted by molar-refractivity contribution is 5.84. The van der Waals surface area contributed by atoms with Crippen LogP contribution in [0, 0.1) is 41.4 Å². The van der Waals surface area contributed by atoms with Crippen LogP contribution < -0.4 is 0 Å². The predicted octanol–water partition coefficient (Wildman–Crippen LogP) is 7.08. The van der Waals surface area contributed by atoms with Gasteiger partial charge in [-0.2, -0.15) is 0 Å². The molecule has 18 atom stereocenters. The van der Waals surface area contributed by atoms with Crippen LogP contribution >= 0.6 is 0 Å². The van der Waals surface area contributed by atoms with E-state index < -0.39 is 52.9 Å². The zero-order valence-corrected chi connectivity index (χ0v) is 35.2. The van der Waals surface area contributed by atoms with Crippen LogP contribution in [0.2, 0.25) is 0 Å². The van der Waals surface area contributed by atoms with Gasteiger partial charge in [0.25, 0.3) is 0 Å². The average Bonchev–Trinajstić information content (AvgIpc) is 3.50. The van der Waals surface area contributed by atoms with Crippen molar-refractivity contribution in [3.63, 3.8) is 0 Å². The maximum atomic E-state index is 14.5. The van der Waals surface area contributed by atoms with E-state index in [-0.39, 0.29) is 65.6 Å². The third kappa shape index (κ3) is 8.07. The van der Waals surface area contributed by atoms with Gasteiger partial charge in [0.05, 0.1) is 47.8 Å². The van der Waals surface area contributed by atoms with Gasteiger partial charge in [0, 0.05) is 42.4 Å². The van der Waals surface area contributed by atoms with Crippen LogP contribution in [-0.2, 0) is 33.3 Å². The topological polar surface area (TPSA) is 141 Å². The van der Waals surface area contributed by atoms with E-state index in [1.54, 1.807) is 6.08 Å². The lowest BCUT2D eigenvalue weighted by Crippen LogP contribution is -2.63. The van der Waals surface area contributed by atoms with Gasteiger partial charge in [0.2, 0.25) is 5.79 Å². The standard InChI is InChI=1S/C44H74O10/c1-12-31(33(45)14-3)34-17-16-25(5)39(51-34)29(9)37(47)28(8)38(48)32(13-2)40-26(6)24-27(7)43(52-40)21-18-35(46)44(54-43)23-22-41(11,53-44)36-19-20-42(49,15-4)30(10)50-36/h18,21,25-32,34-37,39-40,46-47,49H,12-17,19-20,22-24H2,1-11H3/t25-,26-,27+,28-,29-,30-,31-,32-,34+,35+,36+,37+,39+,40-,41-,42+,43-,44-/m0/s1. The van der Waals surface area contributed by atoms with Crippen molar-refractivity contribution < 1.29 is 48.6 Å². The van der Waals surface area contributed by atoms with Gasteiger partial charge >= 0.3 is 0 Å². The molecule has 0 aliphatic carbocycles. The first-order valence-corrected chi connectivity index (χ1v) is 21.6. The second-order valence-electron chi connectivity index (χ2n) is 18.4. The van der Waals surface area contributed by atoms with E-state index in [0.29, 0.717) is 44.9 Å². The molecule has 0 aromatic carbocycles. The minimum Gasteiger partial charge on any atom is -0.392 e. The summed E-state index contributed by atoms with van der Waals surface area (Å²) in [5.74, 6) is -3.88. The van der Waals surface area contributed by atoms with Crippen molar-refractivity contribution in [1.82, 2.24) is 0 Å². The maximum Gasteiger partial charge on any atom is 0.202 e. The number of hydrogen-bond donors (Lipinski definition) is 3. The van der Waals surface area contributed by atoms with Crippen molar-refractivity contribution in [2.24, 2.45) is 41.4 Å². The summed E-state index contributed by atoms with van der Waals surface area (Å²) < 4.78 is 33.8. The highest BCUT2D eigenvalue weighted by Crippen LogP contribution is 2.54. The van der Waals surface area contributed by atoms with Crippen LogP contribution in [0.25, 0.3) is 0 Å². The van der Waals surface area contributed by atoms with Gasteiger partial charge < -0.3 is 39.0 Å². The molecule has 0 aromatic heterocycles. The van der Waals surface area contributed by atoms with Gasteiger partial charge in [-0.1, -0.05) is 62.3 Å². The van der Waals surface area contributed by atoms with E-state index in [1.807, 2.05) is 61.5 Å². The summed E-state index contributed by atoms with van der Waals surface area (Å²) in [7, 11) is 0. The number of Topliss-reactive ketones (excluding diaryl/α,β-unsaturated/α-hetero) is 2. The quantitative estimate of drug-likeness (QED) is 0.167. The molecule has 0 aromatic rings. The van der Waals surface area contributed by atoms with E-state index in [4.69, 9.17) is 23.7 Å². The van der Waals surface area contributed by atoms with Crippen LogP contribution in [0.1, 0.15) is 147 Å². The van der Waals surface area contributed by atoms with Gasteiger partial charge in [-0.05, 0) is 95.6 Å². The van der Waals surface area contributed by atoms with Crippen molar-refractivity contribution in [3.8, 4) is 0 Å². The molecule has 0 bridgehead atoms. The van der Waals surface area contributed by atoms with Gasteiger partial charge in [-0.3, -0.25) is 9.59 Å². The molecule has 0 radical (unpaired) electrons. The van der Waals surface area contributed by atoms with E-state index in [1.165, 1.54) is 0 Å². The molecule has 5 rings (SSSR count). The first kappa shape index (κ1) is 43.9. The normalized spacial score (nSPS) is 45.6. The predicted molar refractivity (Wildman–Crippen MR) is 206 cm³/mol. The third-order valence-electron chi connectivity index (χ3n) is 14.9. The monoisotopic (exact) mass is 763 g/mol. The smallest absolute Gasteiger partial charge is 0.202 e. The lowest BCUT2D eigenvalue weighted by Gasteiger charge is -2.54. The molecule has 0 saturated carbocycles. The molecule has 5 heterocycles. The Morgan fingerprint density at radius 3 is 2.17 bits per heavy atom. The highest BCUT2D eigenvalue weighted by atomic mass is 16.8.